The first kappa shape index (κ1) is 16.9. The van der Waals surface area contributed by atoms with E-state index >= 15 is 0 Å². The predicted molar refractivity (Wildman–Crippen MR) is 102 cm³/mol. The van der Waals surface area contributed by atoms with Crippen molar-refractivity contribution in [2.75, 3.05) is 4.90 Å². The van der Waals surface area contributed by atoms with Gasteiger partial charge in [0.05, 0.1) is 18.2 Å². The minimum absolute atomic E-state index is 0.0462. The average Bonchev–Trinajstić information content (AvgIpc) is 3.37. The van der Waals surface area contributed by atoms with Crippen LogP contribution < -0.4 is 4.90 Å². The average molecular weight is 368 g/mol. The second kappa shape index (κ2) is 6.29. The molecule has 0 spiro atoms. The Morgan fingerprint density at radius 1 is 1.12 bits per heavy atom. The number of fused-ring (bicyclic) bond motifs is 2. The number of aliphatic carboxylic acids is 1. The first-order valence-electron chi connectivity index (χ1n) is 8.55. The van der Waals surface area contributed by atoms with Crippen LogP contribution in [0.15, 0.2) is 36.4 Å². The Balaban J connectivity index is 1.76. The second-order valence-electron chi connectivity index (χ2n) is 6.89. The summed E-state index contributed by atoms with van der Waals surface area (Å²) in [6, 6.07) is 11.5. The molecule has 2 aromatic rings. The van der Waals surface area contributed by atoms with Gasteiger partial charge in [0, 0.05) is 11.9 Å². The third-order valence-corrected chi connectivity index (χ3v) is 5.37. The second-order valence-corrected chi connectivity index (χ2v) is 7.32. The first-order chi connectivity index (χ1) is 12.4. The molecule has 0 bridgehead atoms. The van der Waals surface area contributed by atoms with Crippen molar-refractivity contribution >= 4 is 41.3 Å². The number of anilines is 1. The number of hydrogen-bond donors (Lipinski definition) is 1. The zero-order chi connectivity index (χ0) is 18.4. The third-order valence-electron chi connectivity index (χ3n) is 5.13. The number of halogens is 1. The molecule has 1 fully saturated rings. The lowest BCUT2D eigenvalue weighted by Crippen LogP contribution is -2.29. The topological polar surface area (TPSA) is 57.6 Å². The molecule has 0 saturated heterocycles. The van der Waals surface area contributed by atoms with Gasteiger partial charge in [-0.1, -0.05) is 42.0 Å². The summed E-state index contributed by atoms with van der Waals surface area (Å²) in [7, 11) is 0. The highest BCUT2D eigenvalue weighted by Gasteiger charge is 2.44. The lowest BCUT2D eigenvalue weighted by molar-refractivity contribution is -0.138. The van der Waals surface area contributed by atoms with Crippen LogP contribution in [0.5, 0.6) is 0 Å². The van der Waals surface area contributed by atoms with E-state index in [1.165, 1.54) is 0 Å². The zero-order valence-electron chi connectivity index (χ0n) is 14.3. The maximum atomic E-state index is 12.3. The number of carboxylic acid groups (broad SMARTS) is 1. The molecule has 132 valence electrons. The molecule has 5 heteroatoms. The molecule has 0 unspecified atom stereocenters. The van der Waals surface area contributed by atoms with E-state index in [0.717, 1.165) is 27.9 Å². The van der Waals surface area contributed by atoms with Gasteiger partial charge in [-0.3, -0.25) is 9.59 Å². The molecule has 1 aliphatic carbocycles. The van der Waals surface area contributed by atoms with Crippen LogP contribution in [0.1, 0.15) is 41.5 Å². The van der Waals surface area contributed by atoms with E-state index in [0.29, 0.717) is 18.0 Å². The Morgan fingerprint density at radius 2 is 1.88 bits per heavy atom. The molecule has 0 aromatic heterocycles. The smallest absolute Gasteiger partial charge is 0.307 e. The number of amides is 1. The summed E-state index contributed by atoms with van der Waals surface area (Å²) in [4.78, 5) is 25.2. The number of rotatable bonds is 2. The quantitative estimate of drug-likeness (QED) is 0.846. The monoisotopic (exact) mass is 367 g/mol. The fourth-order valence-electron chi connectivity index (χ4n) is 3.61. The van der Waals surface area contributed by atoms with Crippen molar-refractivity contribution in [1.82, 2.24) is 0 Å². The van der Waals surface area contributed by atoms with Crippen LogP contribution in [0.4, 0.5) is 5.69 Å². The predicted octanol–water partition coefficient (Wildman–Crippen LogP) is 4.57. The standard InChI is InChI=1S/C21H18ClNO3/c1-12(24)23-11-16-8-14(18-10-19(18)21(25)26)4-2-13(16)3-5-15-9-17(22)6-7-20(15)23/h2-9,18-19H,10-11H2,1H3,(H,25,26)/t18-,19+/m1/s1. The summed E-state index contributed by atoms with van der Waals surface area (Å²) in [6.45, 7) is 2.00. The highest BCUT2D eigenvalue weighted by Crippen LogP contribution is 2.48. The number of carbonyl (C=O) groups excluding carboxylic acids is 1. The molecule has 1 aliphatic heterocycles. The van der Waals surface area contributed by atoms with Crippen LogP contribution >= 0.6 is 11.6 Å². The third kappa shape index (κ3) is 3.01. The highest BCUT2D eigenvalue weighted by molar-refractivity contribution is 6.30. The first-order valence-corrected chi connectivity index (χ1v) is 8.93. The molecular weight excluding hydrogens is 350 g/mol. The van der Waals surface area contributed by atoms with E-state index in [1.807, 2.05) is 42.5 Å². The molecule has 1 N–H and O–H groups in total. The van der Waals surface area contributed by atoms with Crippen LogP contribution in [-0.4, -0.2) is 17.0 Å². The van der Waals surface area contributed by atoms with E-state index < -0.39 is 5.97 Å². The van der Waals surface area contributed by atoms with Gasteiger partial charge in [0.15, 0.2) is 0 Å². The van der Waals surface area contributed by atoms with Crippen LogP contribution in [-0.2, 0) is 16.1 Å². The number of carboxylic acids is 1. The summed E-state index contributed by atoms with van der Waals surface area (Å²) < 4.78 is 0. The van der Waals surface area contributed by atoms with Gasteiger partial charge >= 0.3 is 5.97 Å². The molecule has 2 atom stereocenters. The van der Waals surface area contributed by atoms with E-state index in [4.69, 9.17) is 11.6 Å². The zero-order valence-corrected chi connectivity index (χ0v) is 15.0. The number of nitrogens with zero attached hydrogens (tertiary/aromatic N) is 1. The maximum Gasteiger partial charge on any atom is 0.307 e. The van der Waals surface area contributed by atoms with Gasteiger partial charge in [-0.2, -0.15) is 0 Å². The lowest BCUT2D eigenvalue weighted by atomic mass is 9.97. The van der Waals surface area contributed by atoms with Crippen LogP contribution in [0.2, 0.25) is 5.02 Å². The Kier molecular flexibility index (Phi) is 4.08. The molecule has 1 amide bonds. The molecule has 1 heterocycles. The summed E-state index contributed by atoms with van der Waals surface area (Å²) in [5.41, 5.74) is 4.80. The summed E-state index contributed by atoms with van der Waals surface area (Å²) in [5, 5.41) is 9.80. The highest BCUT2D eigenvalue weighted by atomic mass is 35.5. The summed E-state index contributed by atoms with van der Waals surface area (Å²) in [5.74, 6) is -0.999. The Hall–Kier alpha value is -2.59. The van der Waals surface area contributed by atoms with E-state index in [9.17, 15) is 14.7 Å². The molecular formula is C21H18ClNO3. The van der Waals surface area contributed by atoms with Gasteiger partial charge in [0.25, 0.3) is 0 Å². The van der Waals surface area contributed by atoms with Crippen molar-refractivity contribution in [2.24, 2.45) is 5.92 Å². The van der Waals surface area contributed by atoms with Gasteiger partial charge in [0.1, 0.15) is 0 Å². The van der Waals surface area contributed by atoms with E-state index in [1.54, 1.807) is 17.9 Å². The van der Waals surface area contributed by atoms with Crippen molar-refractivity contribution in [3.8, 4) is 0 Å². The van der Waals surface area contributed by atoms with Crippen molar-refractivity contribution in [3.63, 3.8) is 0 Å². The SMILES string of the molecule is CC(=O)N1Cc2cc([C@H]3C[C@@H]3C(=O)O)ccc2C=Cc2cc(Cl)ccc21. The fourth-order valence-corrected chi connectivity index (χ4v) is 3.79. The lowest BCUT2D eigenvalue weighted by Gasteiger charge is -2.26. The molecule has 2 aromatic carbocycles. The maximum absolute atomic E-state index is 12.3. The van der Waals surface area contributed by atoms with Crippen molar-refractivity contribution in [3.05, 3.63) is 63.7 Å². The number of hydrogen-bond acceptors (Lipinski definition) is 2. The number of benzene rings is 2. The molecule has 4 rings (SSSR count). The minimum atomic E-state index is -0.738. The molecule has 0 radical (unpaired) electrons. The fraction of sp³-hybridized carbons (Fsp3) is 0.238. The van der Waals surface area contributed by atoms with Gasteiger partial charge in [-0.15, -0.1) is 0 Å². The molecule has 2 aliphatic rings. The van der Waals surface area contributed by atoms with Gasteiger partial charge in [-0.25, -0.2) is 0 Å². The Labute approximate surface area is 156 Å². The van der Waals surface area contributed by atoms with Crippen molar-refractivity contribution < 1.29 is 14.7 Å². The summed E-state index contributed by atoms with van der Waals surface area (Å²) in [6.07, 6.45) is 4.67. The van der Waals surface area contributed by atoms with Crippen LogP contribution in [0, 0.1) is 5.92 Å². The molecule has 26 heavy (non-hydrogen) atoms. The minimum Gasteiger partial charge on any atom is -0.481 e. The van der Waals surface area contributed by atoms with E-state index in [2.05, 4.69) is 0 Å². The Morgan fingerprint density at radius 3 is 2.58 bits per heavy atom. The largest absolute Gasteiger partial charge is 0.481 e. The molecule has 4 nitrogen and oxygen atoms in total. The molecule has 1 saturated carbocycles. The summed E-state index contributed by atoms with van der Waals surface area (Å²) >= 11 is 6.11. The number of carbonyl (C=O) groups is 2. The Bertz CT molecular complexity index is 950. The van der Waals surface area contributed by atoms with Gasteiger partial charge in [-0.05, 0) is 52.8 Å². The van der Waals surface area contributed by atoms with Crippen molar-refractivity contribution in [1.29, 1.82) is 0 Å². The van der Waals surface area contributed by atoms with Crippen molar-refractivity contribution in [2.45, 2.75) is 25.8 Å². The van der Waals surface area contributed by atoms with Gasteiger partial charge < -0.3 is 10.0 Å². The normalized spacial score (nSPS) is 20.6. The van der Waals surface area contributed by atoms with Crippen LogP contribution in [0.25, 0.3) is 12.2 Å². The van der Waals surface area contributed by atoms with Gasteiger partial charge in [0.2, 0.25) is 5.91 Å². The van der Waals surface area contributed by atoms with E-state index in [-0.39, 0.29) is 17.7 Å². The van der Waals surface area contributed by atoms with Crippen LogP contribution in [0.3, 0.4) is 0 Å².